The number of carboxylic acid groups (broad SMARTS) is 1. The van der Waals surface area contributed by atoms with Crippen molar-refractivity contribution in [3.8, 4) is 5.75 Å². The Kier molecular flexibility index (Phi) is 4.61. The summed E-state index contributed by atoms with van der Waals surface area (Å²) in [4.78, 5) is 17.3. The Bertz CT molecular complexity index is 794. The topological polar surface area (TPSA) is 74.7 Å². The first kappa shape index (κ1) is 16.2. The first-order valence-electron chi connectivity index (χ1n) is 7.48. The molecule has 0 saturated heterocycles. The highest BCUT2D eigenvalue weighted by Crippen LogP contribution is 2.26. The Hall–Kier alpha value is -2.67. The Morgan fingerprint density at radius 3 is 2.92 bits per heavy atom. The Balaban J connectivity index is 1.77. The third kappa shape index (κ3) is 3.16. The van der Waals surface area contributed by atoms with Crippen molar-refractivity contribution in [2.24, 2.45) is 0 Å². The SMILES string of the molecule is COc1ccccc1NC(=S)N1CCc2c(cncc2C(=O)O)C1. The van der Waals surface area contributed by atoms with Gasteiger partial charge in [-0.05, 0) is 41.9 Å². The highest BCUT2D eigenvalue weighted by molar-refractivity contribution is 7.80. The number of carbonyl (C=O) groups is 1. The number of nitrogens with zero attached hydrogens (tertiary/aromatic N) is 2. The number of para-hydroxylation sites is 2. The quantitative estimate of drug-likeness (QED) is 0.830. The van der Waals surface area contributed by atoms with Gasteiger partial charge in [-0.25, -0.2) is 4.79 Å². The zero-order valence-corrected chi connectivity index (χ0v) is 14.0. The van der Waals surface area contributed by atoms with Gasteiger partial charge in [-0.3, -0.25) is 4.98 Å². The van der Waals surface area contributed by atoms with Gasteiger partial charge in [0.05, 0.1) is 18.4 Å². The average molecular weight is 343 g/mol. The van der Waals surface area contributed by atoms with Crippen LogP contribution in [-0.4, -0.2) is 39.7 Å². The zero-order valence-electron chi connectivity index (χ0n) is 13.2. The number of rotatable bonds is 3. The molecule has 124 valence electrons. The van der Waals surface area contributed by atoms with Crippen molar-refractivity contribution in [1.82, 2.24) is 9.88 Å². The summed E-state index contributed by atoms with van der Waals surface area (Å²) in [6.07, 6.45) is 3.73. The van der Waals surface area contributed by atoms with Gasteiger partial charge in [-0.2, -0.15) is 0 Å². The van der Waals surface area contributed by atoms with Gasteiger partial charge >= 0.3 is 5.97 Å². The van der Waals surface area contributed by atoms with Gasteiger partial charge in [0.2, 0.25) is 0 Å². The summed E-state index contributed by atoms with van der Waals surface area (Å²) in [6.45, 7) is 1.18. The number of hydrogen-bond donors (Lipinski definition) is 2. The van der Waals surface area contributed by atoms with Crippen LogP contribution in [0.2, 0.25) is 0 Å². The normalized spacial score (nSPS) is 13.1. The van der Waals surface area contributed by atoms with E-state index in [0.29, 0.717) is 30.4 Å². The van der Waals surface area contributed by atoms with E-state index in [2.05, 4.69) is 10.3 Å². The van der Waals surface area contributed by atoms with Gasteiger partial charge in [-0.15, -0.1) is 0 Å². The number of thiocarbonyl (C=S) groups is 1. The maximum Gasteiger partial charge on any atom is 0.337 e. The first-order chi connectivity index (χ1) is 11.6. The smallest absolute Gasteiger partial charge is 0.337 e. The predicted molar refractivity (Wildman–Crippen MR) is 94.5 cm³/mol. The van der Waals surface area contributed by atoms with E-state index < -0.39 is 5.97 Å². The average Bonchev–Trinajstić information content (AvgIpc) is 2.61. The lowest BCUT2D eigenvalue weighted by atomic mass is 9.97. The van der Waals surface area contributed by atoms with Crippen LogP contribution in [0.1, 0.15) is 21.5 Å². The third-order valence-electron chi connectivity index (χ3n) is 4.01. The molecule has 1 aromatic carbocycles. The highest BCUT2D eigenvalue weighted by Gasteiger charge is 2.23. The Labute approximate surface area is 145 Å². The molecule has 1 aliphatic heterocycles. The van der Waals surface area contributed by atoms with Crippen molar-refractivity contribution in [2.75, 3.05) is 19.0 Å². The van der Waals surface area contributed by atoms with Crippen LogP contribution in [0.4, 0.5) is 5.69 Å². The standard InChI is InChI=1S/C17H17N3O3S/c1-23-15-5-3-2-4-14(15)19-17(24)20-7-6-12-11(10-20)8-18-9-13(12)16(21)22/h2-5,8-9H,6-7,10H2,1H3,(H,19,24)(H,21,22). The van der Waals surface area contributed by atoms with E-state index >= 15 is 0 Å². The molecule has 3 rings (SSSR count). The molecule has 0 spiro atoms. The van der Waals surface area contributed by atoms with E-state index in [4.69, 9.17) is 17.0 Å². The number of anilines is 1. The van der Waals surface area contributed by atoms with Gasteiger partial charge in [0.1, 0.15) is 5.75 Å². The summed E-state index contributed by atoms with van der Waals surface area (Å²) in [6, 6.07) is 7.55. The second-order valence-electron chi connectivity index (χ2n) is 5.43. The predicted octanol–water partition coefficient (Wildman–Crippen LogP) is 2.54. The van der Waals surface area contributed by atoms with Crippen molar-refractivity contribution in [2.45, 2.75) is 13.0 Å². The van der Waals surface area contributed by atoms with Gasteiger partial charge in [0.25, 0.3) is 0 Å². The molecule has 0 aliphatic carbocycles. The number of ether oxygens (including phenoxy) is 1. The molecule has 1 aromatic heterocycles. The molecule has 1 aliphatic rings. The molecule has 2 N–H and O–H groups in total. The first-order valence-corrected chi connectivity index (χ1v) is 7.89. The number of aromatic carboxylic acids is 1. The maximum absolute atomic E-state index is 11.3. The molecule has 7 heteroatoms. The van der Waals surface area contributed by atoms with Crippen LogP contribution in [0.25, 0.3) is 0 Å². The summed E-state index contributed by atoms with van der Waals surface area (Å²) in [5.74, 6) is -0.227. The molecule has 2 heterocycles. The van der Waals surface area contributed by atoms with Gasteiger partial charge in [-0.1, -0.05) is 12.1 Å². The third-order valence-corrected chi connectivity index (χ3v) is 4.37. The minimum absolute atomic E-state index is 0.274. The molecule has 0 bridgehead atoms. The number of benzene rings is 1. The molecular weight excluding hydrogens is 326 g/mol. The highest BCUT2D eigenvalue weighted by atomic mass is 32.1. The lowest BCUT2D eigenvalue weighted by Crippen LogP contribution is -2.39. The number of fused-ring (bicyclic) bond motifs is 1. The molecule has 0 amide bonds. The summed E-state index contributed by atoms with van der Waals surface area (Å²) in [5, 5.41) is 13.0. The van der Waals surface area contributed by atoms with Crippen LogP contribution in [0, 0.1) is 0 Å². The summed E-state index contributed by atoms with van der Waals surface area (Å²) in [5.41, 5.74) is 2.81. The fourth-order valence-corrected chi connectivity index (χ4v) is 3.06. The Morgan fingerprint density at radius 1 is 1.38 bits per heavy atom. The van der Waals surface area contributed by atoms with Gasteiger partial charge < -0.3 is 20.1 Å². The van der Waals surface area contributed by atoms with Crippen LogP contribution in [0.15, 0.2) is 36.7 Å². The number of nitrogens with one attached hydrogen (secondary N) is 1. The number of methoxy groups -OCH3 is 1. The zero-order chi connectivity index (χ0) is 17.1. The fourth-order valence-electron chi connectivity index (χ4n) is 2.79. The van der Waals surface area contributed by atoms with E-state index in [1.165, 1.54) is 6.20 Å². The van der Waals surface area contributed by atoms with Crippen LogP contribution in [0.5, 0.6) is 5.75 Å². The molecule has 0 saturated carbocycles. The van der Waals surface area contributed by atoms with E-state index in [-0.39, 0.29) is 5.56 Å². The van der Waals surface area contributed by atoms with E-state index in [9.17, 15) is 9.90 Å². The summed E-state index contributed by atoms with van der Waals surface area (Å²) < 4.78 is 5.32. The molecule has 0 atom stereocenters. The van der Waals surface area contributed by atoms with Crippen molar-refractivity contribution in [3.63, 3.8) is 0 Å². The molecule has 0 unspecified atom stereocenters. The van der Waals surface area contributed by atoms with Crippen LogP contribution >= 0.6 is 12.2 Å². The maximum atomic E-state index is 11.3. The lowest BCUT2D eigenvalue weighted by molar-refractivity contribution is 0.0694. The number of hydrogen-bond acceptors (Lipinski definition) is 4. The van der Waals surface area contributed by atoms with E-state index in [0.717, 1.165) is 16.8 Å². The minimum Gasteiger partial charge on any atom is -0.495 e. The lowest BCUT2D eigenvalue weighted by Gasteiger charge is -2.31. The number of pyridine rings is 1. The van der Waals surface area contributed by atoms with Crippen LogP contribution < -0.4 is 10.1 Å². The second-order valence-corrected chi connectivity index (χ2v) is 5.82. The molecule has 0 radical (unpaired) electrons. The number of aromatic nitrogens is 1. The van der Waals surface area contributed by atoms with Gasteiger partial charge in [0, 0.05) is 25.5 Å². The summed E-state index contributed by atoms with van der Waals surface area (Å²) >= 11 is 5.50. The second kappa shape index (κ2) is 6.84. The van der Waals surface area contributed by atoms with Crippen LogP contribution in [0.3, 0.4) is 0 Å². The van der Waals surface area contributed by atoms with Crippen molar-refractivity contribution in [3.05, 3.63) is 53.3 Å². The summed E-state index contributed by atoms with van der Waals surface area (Å²) in [7, 11) is 1.61. The molecule has 6 nitrogen and oxygen atoms in total. The number of carboxylic acids is 1. The van der Waals surface area contributed by atoms with E-state index in [1.54, 1.807) is 13.3 Å². The Morgan fingerprint density at radius 2 is 2.17 bits per heavy atom. The minimum atomic E-state index is -0.942. The van der Waals surface area contributed by atoms with Crippen molar-refractivity contribution in [1.29, 1.82) is 0 Å². The molecule has 24 heavy (non-hydrogen) atoms. The molecule has 0 fully saturated rings. The fraction of sp³-hybridized carbons (Fsp3) is 0.235. The molecular formula is C17H17N3O3S. The largest absolute Gasteiger partial charge is 0.495 e. The van der Waals surface area contributed by atoms with Crippen LogP contribution in [-0.2, 0) is 13.0 Å². The monoisotopic (exact) mass is 343 g/mol. The van der Waals surface area contributed by atoms with Crippen molar-refractivity contribution >= 4 is 29.0 Å². The molecule has 2 aromatic rings. The van der Waals surface area contributed by atoms with E-state index in [1.807, 2.05) is 29.2 Å². The van der Waals surface area contributed by atoms with Gasteiger partial charge in [0.15, 0.2) is 5.11 Å². The van der Waals surface area contributed by atoms with Crippen molar-refractivity contribution < 1.29 is 14.6 Å².